The first-order valence-corrected chi connectivity index (χ1v) is 34.0. The van der Waals surface area contributed by atoms with Gasteiger partial charge in [-0.2, -0.15) is 0 Å². The predicted octanol–water partition coefficient (Wildman–Crippen LogP) is 23.6. The van der Waals surface area contributed by atoms with Gasteiger partial charge in [0.25, 0.3) is 0 Å². The van der Waals surface area contributed by atoms with E-state index in [1.54, 1.807) is 0 Å². The number of allylic oxidation sites excluding steroid dienone is 20. The molecular formula is C75H126O6. The SMILES string of the molecule is CC/C=C\C/C=C\C/C=C\C/C=C\CCCCC(=O)OCC(COC(=O)CCCCCCCCCCCC/C=C\C/C=C\C/C=C\CCCCCCC)OC(=O)CCCCCCCCCC/C=C\C/C=C\C/C=C\CCCCCCC. The van der Waals surface area contributed by atoms with Crippen LogP contribution in [0, 0.1) is 0 Å². The maximum Gasteiger partial charge on any atom is 0.306 e. The second kappa shape index (κ2) is 68.3. The van der Waals surface area contributed by atoms with Gasteiger partial charge in [-0.15, -0.1) is 0 Å². The Balaban J connectivity index is 4.41. The molecule has 0 aromatic rings. The minimum absolute atomic E-state index is 0.0984. The number of ether oxygens (including phenoxy) is 3. The molecule has 0 aliphatic carbocycles. The molecular weight excluding hydrogens is 997 g/mol. The minimum Gasteiger partial charge on any atom is -0.462 e. The lowest BCUT2D eigenvalue weighted by molar-refractivity contribution is -0.167. The summed E-state index contributed by atoms with van der Waals surface area (Å²) in [4.78, 5) is 38.4. The number of hydrogen-bond acceptors (Lipinski definition) is 6. The summed E-state index contributed by atoms with van der Waals surface area (Å²) in [5.41, 5.74) is 0. The first-order valence-electron chi connectivity index (χ1n) is 34.0. The molecule has 0 fully saturated rings. The van der Waals surface area contributed by atoms with Gasteiger partial charge in [0.15, 0.2) is 6.10 Å². The van der Waals surface area contributed by atoms with Crippen LogP contribution in [0.1, 0.15) is 316 Å². The molecule has 0 aliphatic rings. The normalized spacial score (nSPS) is 12.9. The highest BCUT2D eigenvalue weighted by molar-refractivity contribution is 5.71. The summed E-state index contributed by atoms with van der Waals surface area (Å²) >= 11 is 0. The van der Waals surface area contributed by atoms with Gasteiger partial charge in [0, 0.05) is 19.3 Å². The molecule has 6 heteroatoms. The molecule has 0 amide bonds. The number of unbranched alkanes of at least 4 members (excludes halogenated alkanes) is 30. The number of esters is 3. The summed E-state index contributed by atoms with van der Waals surface area (Å²) in [6.45, 7) is 6.48. The third-order valence-corrected chi connectivity index (χ3v) is 14.4. The summed E-state index contributed by atoms with van der Waals surface area (Å²) in [7, 11) is 0. The Bertz CT molecular complexity index is 1670. The summed E-state index contributed by atoms with van der Waals surface area (Å²) in [5.74, 6) is -0.945. The van der Waals surface area contributed by atoms with Gasteiger partial charge in [-0.05, 0) is 135 Å². The van der Waals surface area contributed by atoms with Gasteiger partial charge in [-0.1, -0.05) is 284 Å². The molecule has 0 saturated heterocycles. The third-order valence-electron chi connectivity index (χ3n) is 14.4. The molecule has 1 unspecified atom stereocenters. The molecule has 0 bridgehead atoms. The summed E-state index contributed by atoms with van der Waals surface area (Å²) in [6.07, 6.45) is 95.0. The van der Waals surface area contributed by atoms with Crippen LogP contribution in [0.15, 0.2) is 122 Å². The molecule has 0 heterocycles. The zero-order chi connectivity index (χ0) is 58.5. The lowest BCUT2D eigenvalue weighted by atomic mass is 10.1. The maximum atomic E-state index is 12.9. The monoisotopic (exact) mass is 1120 g/mol. The van der Waals surface area contributed by atoms with Crippen molar-refractivity contribution in [3.8, 4) is 0 Å². The van der Waals surface area contributed by atoms with Crippen molar-refractivity contribution in [3.05, 3.63) is 122 Å². The lowest BCUT2D eigenvalue weighted by Gasteiger charge is -2.18. The zero-order valence-corrected chi connectivity index (χ0v) is 53.0. The van der Waals surface area contributed by atoms with Gasteiger partial charge >= 0.3 is 17.9 Å². The smallest absolute Gasteiger partial charge is 0.306 e. The molecule has 0 aromatic carbocycles. The van der Waals surface area contributed by atoms with Crippen molar-refractivity contribution in [1.82, 2.24) is 0 Å². The maximum absolute atomic E-state index is 12.9. The highest BCUT2D eigenvalue weighted by Crippen LogP contribution is 2.16. The van der Waals surface area contributed by atoms with Gasteiger partial charge in [0.1, 0.15) is 13.2 Å². The fourth-order valence-corrected chi connectivity index (χ4v) is 9.33. The lowest BCUT2D eigenvalue weighted by Crippen LogP contribution is -2.30. The van der Waals surface area contributed by atoms with E-state index >= 15 is 0 Å². The number of hydrogen-bond donors (Lipinski definition) is 0. The molecule has 0 N–H and O–H groups in total. The van der Waals surface area contributed by atoms with Crippen LogP contribution < -0.4 is 0 Å². The first kappa shape index (κ1) is 76.8. The van der Waals surface area contributed by atoms with Crippen molar-refractivity contribution in [2.24, 2.45) is 0 Å². The van der Waals surface area contributed by atoms with E-state index in [1.807, 2.05) is 0 Å². The zero-order valence-electron chi connectivity index (χ0n) is 53.0. The second-order valence-corrected chi connectivity index (χ2v) is 22.3. The average molecular weight is 1120 g/mol. The van der Waals surface area contributed by atoms with Crippen molar-refractivity contribution >= 4 is 17.9 Å². The minimum atomic E-state index is -0.806. The molecule has 6 nitrogen and oxygen atoms in total. The molecule has 0 saturated carbocycles. The topological polar surface area (TPSA) is 78.9 Å². The Morgan fingerprint density at radius 3 is 0.778 bits per heavy atom. The highest BCUT2D eigenvalue weighted by atomic mass is 16.6. The van der Waals surface area contributed by atoms with E-state index in [4.69, 9.17) is 14.2 Å². The molecule has 0 radical (unpaired) electrons. The van der Waals surface area contributed by atoms with Crippen LogP contribution in [0.5, 0.6) is 0 Å². The molecule has 0 rings (SSSR count). The van der Waals surface area contributed by atoms with Crippen molar-refractivity contribution in [2.75, 3.05) is 13.2 Å². The van der Waals surface area contributed by atoms with E-state index in [0.717, 1.165) is 116 Å². The Kier molecular flexibility index (Phi) is 64.8. The van der Waals surface area contributed by atoms with E-state index in [0.29, 0.717) is 19.3 Å². The first-order chi connectivity index (χ1) is 40.0. The van der Waals surface area contributed by atoms with Crippen LogP contribution >= 0.6 is 0 Å². The molecule has 0 spiro atoms. The van der Waals surface area contributed by atoms with Crippen LogP contribution in [-0.4, -0.2) is 37.2 Å². The molecule has 1 atom stereocenters. The van der Waals surface area contributed by atoms with Crippen LogP contribution in [0.4, 0.5) is 0 Å². The molecule has 462 valence electrons. The van der Waals surface area contributed by atoms with E-state index in [-0.39, 0.29) is 31.1 Å². The summed E-state index contributed by atoms with van der Waals surface area (Å²) < 4.78 is 16.9. The van der Waals surface area contributed by atoms with Gasteiger partial charge in [0.2, 0.25) is 0 Å². The Labute approximate surface area is 501 Å². The molecule has 0 aliphatic heterocycles. The fraction of sp³-hybridized carbons (Fsp3) is 0.693. The van der Waals surface area contributed by atoms with Crippen LogP contribution in [0.25, 0.3) is 0 Å². The standard InChI is InChI=1S/C75H126O6/c1-4-7-10-13-16-19-22-25-28-30-32-34-36-37-39-40-42-44-47-50-53-56-59-62-65-68-74(77)80-71-72(70-79-73(76)67-64-61-58-55-52-49-46-27-24-21-18-15-12-9-6-3)81-75(78)69-66-63-60-57-54-51-48-45-43-41-38-35-33-31-29-26-23-20-17-14-11-8-5-2/h9,12,18,21-23,25-27,30-33,36-38,41,46,52,55,72H,4-8,10-11,13-17,19-20,24,28-29,34-35,39-40,42-45,47-51,53-54,56-71H2,1-3H3/b12-9-,21-18-,25-22-,26-23-,32-30-,33-31-,37-36-,41-38-,46-27-,55-52-. The van der Waals surface area contributed by atoms with Crippen LogP contribution in [0.2, 0.25) is 0 Å². The quantitative estimate of drug-likeness (QED) is 0.0261. The van der Waals surface area contributed by atoms with Crippen molar-refractivity contribution in [1.29, 1.82) is 0 Å². The van der Waals surface area contributed by atoms with E-state index in [1.165, 1.54) is 161 Å². The highest BCUT2D eigenvalue weighted by Gasteiger charge is 2.19. The van der Waals surface area contributed by atoms with Crippen molar-refractivity contribution < 1.29 is 28.6 Å². The molecule has 0 aromatic heterocycles. The fourth-order valence-electron chi connectivity index (χ4n) is 9.33. The average Bonchev–Trinajstić information content (AvgIpc) is 3.47. The van der Waals surface area contributed by atoms with E-state index < -0.39 is 6.10 Å². The molecule has 81 heavy (non-hydrogen) atoms. The predicted molar refractivity (Wildman–Crippen MR) is 353 cm³/mol. The summed E-state index contributed by atoms with van der Waals surface area (Å²) in [6, 6.07) is 0. The Morgan fingerprint density at radius 1 is 0.259 bits per heavy atom. The van der Waals surface area contributed by atoms with Crippen molar-refractivity contribution in [3.63, 3.8) is 0 Å². The van der Waals surface area contributed by atoms with Gasteiger partial charge in [-0.25, -0.2) is 0 Å². The largest absolute Gasteiger partial charge is 0.462 e. The number of carbonyl (C=O) groups excluding carboxylic acids is 3. The third kappa shape index (κ3) is 66.5. The number of rotatable bonds is 61. The van der Waals surface area contributed by atoms with Crippen LogP contribution in [0.3, 0.4) is 0 Å². The summed E-state index contributed by atoms with van der Waals surface area (Å²) in [5, 5.41) is 0. The van der Waals surface area contributed by atoms with Gasteiger partial charge in [-0.3, -0.25) is 14.4 Å². The number of carbonyl (C=O) groups is 3. The van der Waals surface area contributed by atoms with Gasteiger partial charge < -0.3 is 14.2 Å². The Morgan fingerprint density at radius 2 is 0.481 bits per heavy atom. The second-order valence-electron chi connectivity index (χ2n) is 22.3. The van der Waals surface area contributed by atoms with E-state index in [9.17, 15) is 14.4 Å². The van der Waals surface area contributed by atoms with Crippen LogP contribution in [-0.2, 0) is 28.6 Å². The van der Waals surface area contributed by atoms with E-state index in [2.05, 4.69) is 142 Å². The van der Waals surface area contributed by atoms with Gasteiger partial charge in [0.05, 0.1) is 0 Å². The Hall–Kier alpha value is -4.19. The van der Waals surface area contributed by atoms with Crippen molar-refractivity contribution in [2.45, 2.75) is 322 Å².